The van der Waals surface area contributed by atoms with Crippen LogP contribution >= 0.6 is 0 Å². The number of hydrogen-bond donors (Lipinski definition) is 0. The van der Waals surface area contributed by atoms with E-state index in [4.69, 9.17) is 0 Å². The van der Waals surface area contributed by atoms with Gasteiger partial charge in [0.1, 0.15) is 5.78 Å². The second-order valence-corrected chi connectivity index (χ2v) is 6.60. The van der Waals surface area contributed by atoms with Crippen LogP contribution in [0.15, 0.2) is 54.6 Å². The molecule has 2 aromatic rings. The molecule has 0 fully saturated rings. The molecule has 2 rings (SSSR count). The Morgan fingerprint density at radius 1 is 1.04 bits per heavy atom. The van der Waals surface area contributed by atoms with Gasteiger partial charge in [-0.3, -0.25) is 14.9 Å². The zero-order valence-corrected chi connectivity index (χ0v) is 15.1. The Morgan fingerprint density at radius 3 is 2.19 bits per heavy atom. The van der Waals surface area contributed by atoms with Crippen LogP contribution in [0.5, 0.6) is 0 Å². The number of nitrogens with zero attached hydrogens (tertiary/aromatic N) is 1. The summed E-state index contributed by atoms with van der Waals surface area (Å²) >= 11 is 0. The number of hydrogen-bond acceptors (Lipinski definition) is 4. The Balaban J connectivity index is 2.30. The SMILES string of the molecule is CC(=O)CC[C@H]([C@@H](CC(=O)c1ccc(C)cc1)c1ccccc1)[N+](=O)[O-]. The predicted molar refractivity (Wildman–Crippen MR) is 100 cm³/mol. The van der Waals surface area contributed by atoms with Crippen molar-refractivity contribution in [2.45, 2.75) is 45.1 Å². The number of Topliss-reactive ketones (excluding diaryl/α,β-unsaturated/α-hetero) is 2. The van der Waals surface area contributed by atoms with E-state index in [1.807, 2.05) is 25.1 Å². The monoisotopic (exact) mass is 353 g/mol. The van der Waals surface area contributed by atoms with Crippen LogP contribution in [0.1, 0.15) is 53.6 Å². The molecule has 0 saturated heterocycles. The largest absolute Gasteiger partial charge is 0.300 e. The highest BCUT2D eigenvalue weighted by Crippen LogP contribution is 2.29. The molecule has 0 aromatic heterocycles. The van der Waals surface area contributed by atoms with Gasteiger partial charge in [-0.15, -0.1) is 0 Å². The summed E-state index contributed by atoms with van der Waals surface area (Å²) in [5.41, 5.74) is 2.34. The first-order chi connectivity index (χ1) is 12.4. The number of rotatable bonds is 9. The van der Waals surface area contributed by atoms with E-state index in [0.29, 0.717) is 5.56 Å². The number of benzene rings is 2. The van der Waals surface area contributed by atoms with E-state index < -0.39 is 12.0 Å². The third-order valence-electron chi connectivity index (χ3n) is 4.53. The van der Waals surface area contributed by atoms with Crippen LogP contribution in [0.2, 0.25) is 0 Å². The first kappa shape index (κ1) is 19.5. The van der Waals surface area contributed by atoms with Crippen molar-refractivity contribution in [2.24, 2.45) is 0 Å². The van der Waals surface area contributed by atoms with Gasteiger partial charge in [-0.1, -0.05) is 60.2 Å². The van der Waals surface area contributed by atoms with E-state index in [-0.39, 0.29) is 35.8 Å². The molecule has 0 saturated carbocycles. The first-order valence-corrected chi connectivity index (χ1v) is 8.66. The summed E-state index contributed by atoms with van der Waals surface area (Å²) in [6.07, 6.45) is 0.299. The first-order valence-electron chi connectivity index (χ1n) is 8.66. The smallest absolute Gasteiger partial charge is 0.220 e. The molecular formula is C21H23NO4. The van der Waals surface area contributed by atoms with E-state index in [9.17, 15) is 19.7 Å². The van der Waals surface area contributed by atoms with Crippen LogP contribution in [-0.4, -0.2) is 22.5 Å². The van der Waals surface area contributed by atoms with Gasteiger partial charge >= 0.3 is 0 Å². The summed E-state index contributed by atoms with van der Waals surface area (Å²) in [6.45, 7) is 3.36. The molecule has 0 amide bonds. The van der Waals surface area contributed by atoms with E-state index in [0.717, 1.165) is 11.1 Å². The number of aryl methyl sites for hydroxylation is 1. The lowest BCUT2D eigenvalue weighted by atomic mass is 9.83. The maximum absolute atomic E-state index is 12.7. The minimum absolute atomic E-state index is 0.0383. The second-order valence-electron chi connectivity index (χ2n) is 6.60. The van der Waals surface area contributed by atoms with Crippen LogP contribution in [0.4, 0.5) is 0 Å². The van der Waals surface area contributed by atoms with Crippen molar-refractivity contribution in [1.29, 1.82) is 0 Å². The topological polar surface area (TPSA) is 77.3 Å². The molecule has 0 spiro atoms. The molecule has 26 heavy (non-hydrogen) atoms. The van der Waals surface area contributed by atoms with Crippen LogP contribution in [0.3, 0.4) is 0 Å². The van der Waals surface area contributed by atoms with Crippen LogP contribution in [0.25, 0.3) is 0 Å². The lowest BCUT2D eigenvalue weighted by Gasteiger charge is -2.21. The summed E-state index contributed by atoms with van der Waals surface area (Å²) in [6, 6.07) is 15.3. The number of carbonyl (C=O) groups is 2. The number of carbonyl (C=O) groups excluding carboxylic acids is 2. The fourth-order valence-corrected chi connectivity index (χ4v) is 3.04. The Bertz CT molecular complexity index is 768. The average Bonchev–Trinajstić information content (AvgIpc) is 2.61. The van der Waals surface area contributed by atoms with Crippen LogP contribution in [-0.2, 0) is 4.79 Å². The molecule has 0 heterocycles. The van der Waals surface area contributed by atoms with Crippen molar-refractivity contribution in [1.82, 2.24) is 0 Å². The van der Waals surface area contributed by atoms with Gasteiger partial charge in [-0.05, 0) is 19.4 Å². The molecule has 0 aliphatic heterocycles. The van der Waals surface area contributed by atoms with Crippen molar-refractivity contribution >= 4 is 11.6 Å². The van der Waals surface area contributed by atoms with Gasteiger partial charge in [-0.25, -0.2) is 0 Å². The molecule has 2 aromatic carbocycles. The molecule has 5 nitrogen and oxygen atoms in total. The predicted octanol–water partition coefficient (Wildman–Crippen LogP) is 4.37. The van der Waals surface area contributed by atoms with E-state index in [2.05, 4.69) is 0 Å². The van der Waals surface area contributed by atoms with Gasteiger partial charge < -0.3 is 4.79 Å². The lowest BCUT2D eigenvalue weighted by molar-refractivity contribution is -0.527. The van der Waals surface area contributed by atoms with Gasteiger partial charge in [0.15, 0.2) is 5.78 Å². The highest BCUT2D eigenvalue weighted by atomic mass is 16.6. The summed E-state index contributed by atoms with van der Waals surface area (Å²) in [5, 5.41) is 11.7. The fraction of sp³-hybridized carbons (Fsp3) is 0.333. The van der Waals surface area contributed by atoms with Crippen molar-refractivity contribution in [2.75, 3.05) is 0 Å². The maximum Gasteiger partial charge on any atom is 0.220 e. The Morgan fingerprint density at radius 2 is 1.65 bits per heavy atom. The van der Waals surface area contributed by atoms with Gasteiger partial charge in [0, 0.05) is 29.7 Å². The standard InChI is InChI=1S/C21H23NO4/c1-15-8-11-18(12-9-15)21(24)14-19(17-6-4-3-5-7-17)20(22(25)26)13-10-16(2)23/h3-9,11-12,19-20H,10,13-14H2,1-2H3/t19-,20+/m0/s1. The van der Waals surface area contributed by atoms with Crippen LogP contribution < -0.4 is 0 Å². The summed E-state index contributed by atoms with van der Waals surface area (Å²) in [5.74, 6) is -0.790. The highest BCUT2D eigenvalue weighted by molar-refractivity contribution is 5.96. The lowest BCUT2D eigenvalue weighted by Crippen LogP contribution is -2.30. The third kappa shape index (κ3) is 5.34. The van der Waals surface area contributed by atoms with Crippen molar-refractivity contribution in [3.8, 4) is 0 Å². The Kier molecular flexibility index (Phi) is 6.78. The summed E-state index contributed by atoms with van der Waals surface area (Å²) in [7, 11) is 0. The zero-order chi connectivity index (χ0) is 19.1. The normalized spacial score (nSPS) is 13.0. The second kappa shape index (κ2) is 9.04. The average molecular weight is 353 g/mol. The molecule has 0 aliphatic carbocycles. The molecule has 136 valence electrons. The van der Waals surface area contributed by atoms with E-state index >= 15 is 0 Å². The van der Waals surface area contributed by atoms with Crippen molar-refractivity contribution in [3.05, 3.63) is 81.4 Å². The Labute approximate surface area is 153 Å². The quantitative estimate of drug-likeness (QED) is 0.381. The molecule has 5 heteroatoms. The zero-order valence-electron chi connectivity index (χ0n) is 15.1. The molecule has 0 radical (unpaired) electrons. The van der Waals surface area contributed by atoms with Crippen molar-refractivity contribution in [3.63, 3.8) is 0 Å². The highest BCUT2D eigenvalue weighted by Gasteiger charge is 2.34. The van der Waals surface area contributed by atoms with E-state index in [1.54, 1.807) is 36.4 Å². The van der Waals surface area contributed by atoms with Gasteiger partial charge in [0.25, 0.3) is 0 Å². The third-order valence-corrected chi connectivity index (χ3v) is 4.53. The van der Waals surface area contributed by atoms with Gasteiger partial charge in [0.05, 0.1) is 5.92 Å². The molecule has 0 aliphatic rings. The van der Waals surface area contributed by atoms with Gasteiger partial charge in [-0.2, -0.15) is 0 Å². The maximum atomic E-state index is 12.7. The van der Waals surface area contributed by atoms with E-state index in [1.165, 1.54) is 6.92 Å². The molecule has 2 atom stereocenters. The molecule has 0 N–H and O–H groups in total. The molecular weight excluding hydrogens is 330 g/mol. The summed E-state index contributed by atoms with van der Waals surface area (Å²) < 4.78 is 0. The molecule has 0 unspecified atom stereocenters. The van der Waals surface area contributed by atoms with Crippen molar-refractivity contribution < 1.29 is 14.5 Å². The summed E-state index contributed by atoms with van der Waals surface area (Å²) in [4.78, 5) is 35.3. The van der Waals surface area contributed by atoms with Gasteiger partial charge in [0.2, 0.25) is 6.04 Å². The fourth-order valence-electron chi connectivity index (χ4n) is 3.04. The number of ketones is 2. The molecule has 0 bridgehead atoms. The Hall–Kier alpha value is -2.82. The number of nitro groups is 1. The minimum atomic E-state index is -0.976. The minimum Gasteiger partial charge on any atom is -0.300 e. The van der Waals surface area contributed by atoms with Crippen LogP contribution in [0, 0.1) is 17.0 Å².